The van der Waals surface area contributed by atoms with Crippen molar-refractivity contribution in [1.82, 2.24) is 0 Å². The Balaban J connectivity index is 2.60. The topological polar surface area (TPSA) is 12.4 Å². The molecule has 0 N–H and O–H groups in total. The molecule has 1 heterocycles. The van der Waals surface area contributed by atoms with Crippen molar-refractivity contribution in [3.8, 4) is 0 Å². The molecule has 0 aromatic heterocycles. The number of nitrogens with zero attached hydrogens (tertiary/aromatic N) is 1. The maximum absolute atomic E-state index is 5.18. The second-order valence-electron chi connectivity index (χ2n) is 3.45. The molecule has 1 rings (SSSR count). The fourth-order valence-corrected chi connectivity index (χ4v) is 2.84. The largest absolute Gasteiger partial charge is 0.276 e. The van der Waals surface area contributed by atoms with E-state index >= 15 is 0 Å². The highest BCUT2D eigenvalue weighted by atomic mass is 32.2. The van der Waals surface area contributed by atoms with Gasteiger partial charge in [0.05, 0.1) is 4.20 Å². The van der Waals surface area contributed by atoms with Crippen molar-refractivity contribution in [2.45, 2.75) is 19.2 Å². The standard InChI is InChI=1S/C8H13NS3/c1-8(2)4-9-6(12-5-8)7(10)11-3/h4,6H,5H2,1-3H3. The molecule has 0 fully saturated rings. The van der Waals surface area contributed by atoms with Gasteiger partial charge in [0.15, 0.2) is 0 Å². The quantitative estimate of drug-likeness (QED) is 0.629. The van der Waals surface area contributed by atoms with Crippen molar-refractivity contribution >= 4 is 46.2 Å². The highest BCUT2D eigenvalue weighted by Gasteiger charge is 2.25. The first-order chi connectivity index (χ1) is 5.55. The summed E-state index contributed by atoms with van der Waals surface area (Å²) >= 11 is 8.65. The molecule has 1 atom stereocenters. The summed E-state index contributed by atoms with van der Waals surface area (Å²) in [5, 5.41) is 0.211. The summed E-state index contributed by atoms with van der Waals surface area (Å²) in [4.78, 5) is 4.43. The van der Waals surface area contributed by atoms with Crippen LogP contribution in [0.1, 0.15) is 13.8 Å². The third-order valence-electron chi connectivity index (χ3n) is 1.58. The molecule has 68 valence electrons. The predicted molar refractivity (Wildman–Crippen MR) is 64.6 cm³/mol. The average molecular weight is 219 g/mol. The second-order valence-corrected chi connectivity index (χ2v) is 6.07. The van der Waals surface area contributed by atoms with Gasteiger partial charge in [0.1, 0.15) is 5.37 Å². The zero-order valence-corrected chi connectivity index (χ0v) is 9.98. The first-order valence-corrected chi connectivity index (χ1v) is 6.47. The Labute approximate surface area is 87.8 Å². The van der Waals surface area contributed by atoms with E-state index in [1.54, 1.807) is 11.8 Å². The van der Waals surface area contributed by atoms with Crippen LogP contribution >= 0.6 is 35.7 Å². The molecule has 0 amide bonds. The van der Waals surface area contributed by atoms with E-state index in [-0.39, 0.29) is 10.8 Å². The third-order valence-corrected chi connectivity index (χ3v) is 4.81. The molecular weight excluding hydrogens is 206 g/mol. The Bertz CT molecular complexity index is 210. The van der Waals surface area contributed by atoms with Crippen LogP contribution in [0.4, 0.5) is 0 Å². The average Bonchev–Trinajstić information content (AvgIpc) is 2.03. The van der Waals surface area contributed by atoms with Crippen molar-refractivity contribution in [3.05, 3.63) is 0 Å². The van der Waals surface area contributed by atoms with Gasteiger partial charge in [-0.05, 0) is 6.26 Å². The summed E-state index contributed by atoms with van der Waals surface area (Å²) in [5.41, 5.74) is 0.245. The van der Waals surface area contributed by atoms with Gasteiger partial charge in [-0.15, -0.1) is 23.5 Å². The summed E-state index contributed by atoms with van der Waals surface area (Å²) in [5.74, 6) is 1.11. The van der Waals surface area contributed by atoms with Crippen LogP contribution in [0.5, 0.6) is 0 Å². The van der Waals surface area contributed by atoms with Gasteiger partial charge in [0.2, 0.25) is 0 Å². The number of aliphatic imine (C=N–C) groups is 1. The lowest BCUT2D eigenvalue weighted by Crippen LogP contribution is -2.26. The van der Waals surface area contributed by atoms with E-state index in [0.717, 1.165) is 9.95 Å². The van der Waals surface area contributed by atoms with Crippen molar-refractivity contribution in [3.63, 3.8) is 0 Å². The second kappa shape index (κ2) is 4.11. The van der Waals surface area contributed by atoms with E-state index in [0.29, 0.717) is 0 Å². The molecule has 0 saturated heterocycles. The normalized spacial score (nSPS) is 27.1. The number of thioether (sulfide) groups is 2. The Morgan fingerprint density at radius 1 is 1.75 bits per heavy atom. The number of hydrogen-bond donors (Lipinski definition) is 0. The lowest BCUT2D eigenvalue weighted by atomic mass is 9.99. The smallest absolute Gasteiger partial charge is 0.136 e. The van der Waals surface area contributed by atoms with Crippen molar-refractivity contribution < 1.29 is 0 Å². The fourth-order valence-electron chi connectivity index (χ4n) is 0.873. The van der Waals surface area contributed by atoms with Gasteiger partial charge in [0, 0.05) is 17.4 Å². The van der Waals surface area contributed by atoms with Gasteiger partial charge < -0.3 is 0 Å². The van der Waals surface area contributed by atoms with Crippen LogP contribution in [0, 0.1) is 5.41 Å². The molecule has 0 aromatic rings. The number of rotatable bonds is 1. The first kappa shape index (κ1) is 10.5. The molecular formula is C8H13NS3. The summed E-state index contributed by atoms with van der Waals surface area (Å²) in [6, 6.07) is 0. The van der Waals surface area contributed by atoms with E-state index in [9.17, 15) is 0 Å². The lowest BCUT2D eigenvalue weighted by Gasteiger charge is -2.26. The summed E-state index contributed by atoms with van der Waals surface area (Å²) in [6.07, 6.45) is 4.05. The van der Waals surface area contributed by atoms with E-state index in [1.807, 2.05) is 24.2 Å². The maximum atomic E-state index is 5.18. The van der Waals surface area contributed by atoms with Crippen LogP contribution in [-0.2, 0) is 0 Å². The minimum atomic E-state index is 0.211. The van der Waals surface area contributed by atoms with Crippen LogP contribution in [0.2, 0.25) is 0 Å². The lowest BCUT2D eigenvalue weighted by molar-refractivity contribution is 0.611. The molecule has 0 spiro atoms. The van der Waals surface area contributed by atoms with Crippen LogP contribution in [0.3, 0.4) is 0 Å². The monoisotopic (exact) mass is 219 g/mol. The summed E-state index contributed by atoms with van der Waals surface area (Å²) < 4.78 is 0.992. The summed E-state index contributed by atoms with van der Waals surface area (Å²) in [6.45, 7) is 4.39. The number of hydrogen-bond acceptors (Lipinski definition) is 4. The van der Waals surface area contributed by atoms with Crippen LogP contribution in [0.25, 0.3) is 0 Å². The summed E-state index contributed by atoms with van der Waals surface area (Å²) in [7, 11) is 0. The van der Waals surface area contributed by atoms with Crippen LogP contribution < -0.4 is 0 Å². The Hall–Kier alpha value is 0.460. The first-order valence-electron chi connectivity index (χ1n) is 3.79. The molecule has 0 aromatic carbocycles. The molecule has 1 aliphatic rings. The molecule has 1 unspecified atom stereocenters. The van der Waals surface area contributed by atoms with Gasteiger partial charge in [-0.3, -0.25) is 4.99 Å². The third kappa shape index (κ3) is 2.75. The molecule has 12 heavy (non-hydrogen) atoms. The molecule has 0 radical (unpaired) electrons. The van der Waals surface area contributed by atoms with Crippen molar-refractivity contribution in [2.75, 3.05) is 12.0 Å². The SMILES string of the molecule is CSC(=S)C1N=CC(C)(C)CS1. The van der Waals surface area contributed by atoms with Gasteiger partial charge >= 0.3 is 0 Å². The minimum Gasteiger partial charge on any atom is -0.276 e. The van der Waals surface area contributed by atoms with Crippen LogP contribution in [0.15, 0.2) is 4.99 Å². The van der Waals surface area contributed by atoms with Gasteiger partial charge in [-0.2, -0.15) is 0 Å². The van der Waals surface area contributed by atoms with E-state index < -0.39 is 0 Å². The van der Waals surface area contributed by atoms with Gasteiger partial charge in [0.25, 0.3) is 0 Å². The highest BCUT2D eigenvalue weighted by Crippen LogP contribution is 2.31. The molecule has 1 aliphatic heterocycles. The molecule has 1 nitrogen and oxygen atoms in total. The van der Waals surface area contributed by atoms with Crippen molar-refractivity contribution in [2.24, 2.45) is 10.4 Å². The molecule has 0 saturated carbocycles. The zero-order chi connectivity index (χ0) is 9.19. The maximum Gasteiger partial charge on any atom is 0.136 e. The van der Waals surface area contributed by atoms with Crippen molar-refractivity contribution in [1.29, 1.82) is 0 Å². The van der Waals surface area contributed by atoms with Crippen LogP contribution in [-0.4, -0.2) is 27.8 Å². The molecule has 4 heteroatoms. The van der Waals surface area contributed by atoms with Gasteiger partial charge in [-0.25, -0.2) is 0 Å². The van der Waals surface area contributed by atoms with E-state index in [1.165, 1.54) is 0 Å². The molecule has 0 bridgehead atoms. The Morgan fingerprint density at radius 2 is 2.42 bits per heavy atom. The van der Waals surface area contributed by atoms with E-state index in [2.05, 4.69) is 18.8 Å². The zero-order valence-electron chi connectivity index (χ0n) is 7.53. The number of thiocarbonyl (C=S) groups is 1. The predicted octanol–water partition coefficient (Wildman–Crippen LogP) is 2.85. The Morgan fingerprint density at radius 3 is 2.83 bits per heavy atom. The van der Waals surface area contributed by atoms with Gasteiger partial charge in [-0.1, -0.05) is 26.1 Å². The fraction of sp³-hybridized carbons (Fsp3) is 0.750. The Kier molecular flexibility index (Phi) is 3.61. The van der Waals surface area contributed by atoms with E-state index in [4.69, 9.17) is 12.2 Å². The minimum absolute atomic E-state index is 0.211. The highest BCUT2D eigenvalue weighted by molar-refractivity contribution is 8.24. The molecule has 0 aliphatic carbocycles.